The molecule has 0 saturated carbocycles. The second-order valence-electron chi connectivity index (χ2n) is 5.26. The van der Waals surface area contributed by atoms with E-state index < -0.39 is 0 Å². The molecule has 1 aromatic heterocycles. The first kappa shape index (κ1) is 14.0. The third-order valence-electron chi connectivity index (χ3n) is 3.62. The van der Waals surface area contributed by atoms with Crippen molar-refractivity contribution in [2.45, 2.75) is 26.1 Å². The number of hydrogen-bond acceptors (Lipinski definition) is 5. The third kappa shape index (κ3) is 3.59. The largest absolute Gasteiger partial charge is 0.487 e. The lowest BCUT2D eigenvalue weighted by Gasteiger charge is -2.08. The molecule has 1 unspecified atom stereocenters. The van der Waals surface area contributed by atoms with Gasteiger partial charge in [-0.2, -0.15) is 0 Å². The average molecular weight is 288 g/mol. The molecule has 1 atom stereocenters. The Morgan fingerprint density at radius 2 is 2.29 bits per heavy atom. The molecule has 1 saturated heterocycles. The van der Waals surface area contributed by atoms with Gasteiger partial charge >= 0.3 is 0 Å². The first-order valence-electron chi connectivity index (χ1n) is 7.22. The smallest absolute Gasteiger partial charge is 0.134 e. The minimum Gasteiger partial charge on any atom is -0.487 e. The van der Waals surface area contributed by atoms with E-state index in [4.69, 9.17) is 15.2 Å². The molecule has 21 heavy (non-hydrogen) atoms. The topological polar surface area (TPSA) is 75.2 Å². The Bertz CT molecular complexity index is 579. The molecule has 0 radical (unpaired) electrons. The zero-order chi connectivity index (χ0) is 14.5. The van der Waals surface area contributed by atoms with E-state index in [1.807, 2.05) is 35.1 Å². The Morgan fingerprint density at radius 3 is 3.10 bits per heavy atom. The van der Waals surface area contributed by atoms with Crippen molar-refractivity contribution in [3.05, 3.63) is 41.7 Å². The lowest BCUT2D eigenvalue weighted by molar-refractivity contribution is 0.181. The van der Waals surface area contributed by atoms with E-state index in [1.165, 1.54) is 0 Å². The van der Waals surface area contributed by atoms with E-state index in [1.54, 1.807) is 0 Å². The number of benzene rings is 1. The van der Waals surface area contributed by atoms with Crippen LogP contribution in [0.4, 0.5) is 0 Å². The van der Waals surface area contributed by atoms with E-state index in [0.29, 0.717) is 19.1 Å². The van der Waals surface area contributed by atoms with Gasteiger partial charge in [0.1, 0.15) is 18.1 Å². The monoisotopic (exact) mass is 288 g/mol. The van der Waals surface area contributed by atoms with Gasteiger partial charge in [0.25, 0.3) is 0 Å². The molecule has 0 spiro atoms. The summed E-state index contributed by atoms with van der Waals surface area (Å²) in [7, 11) is 0. The molecule has 0 amide bonds. The Balaban J connectivity index is 1.57. The van der Waals surface area contributed by atoms with Crippen LogP contribution >= 0.6 is 0 Å². The van der Waals surface area contributed by atoms with Crippen LogP contribution in [-0.4, -0.2) is 28.2 Å². The van der Waals surface area contributed by atoms with Crippen LogP contribution in [0.2, 0.25) is 0 Å². The zero-order valence-corrected chi connectivity index (χ0v) is 11.9. The number of ether oxygens (including phenoxy) is 2. The van der Waals surface area contributed by atoms with Gasteiger partial charge in [0.15, 0.2) is 0 Å². The normalized spacial score (nSPS) is 18.0. The number of aromatic nitrogens is 3. The first-order valence-corrected chi connectivity index (χ1v) is 7.22. The van der Waals surface area contributed by atoms with Crippen LogP contribution in [0.3, 0.4) is 0 Å². The fraction of sp³-hybridized carbons (Fsp3) is 0.467. The number of nitrogens with zero attached hydrogens (tertiary/aromatic N) is 3. The molecule has 6 heteroatoms. The Labute approximate surface area is 123 Å². The molecule has 2 aromatic rings. The van der Waals surface area contributed by atoms with Crippen LogP contribution < -0.4 is 10.5 Å². The quantitative estimate of drug-likeness (QED) is 0.868. The van der Waals surface area contributed by atoms with Gasteiger partial charge in [-0.3, -0.25) is 4.68 Å². The molecule has 3 rings (SSSR count). The van der Waals surface area contributed by atoms with Gasteiger partial charge in [-0.25, -0.2) is 0 Å². The zero-order valence-electron chi connectivity index (χ0n) is 11.9. The molecular formula is C15H20N4O2. The SMILES string of the molecule is NCc1ccccc1OCc1cn(CC2CCOC2)nn1. The summed E-state index contributed by atoms with van der Waals surface area (Å²) >= 11 is 0. The third-order valence-corrected chi connectivity index (χ3v) is 3.62. The predicted octanol–water partition coefficient (Wildman–Crippen LogP) is 1.35. The minimum absolute atomic E-state index is 0.401. The van der Waals surface area contributed by atoms with Gasteiger partial charge < -0.3 is 15.2 Å². The summed E-state index contributed by atoms with van der Waals surface area (Å²) in [5.74, 6) is 1.34. The van der Waals surface area contributed by atoms with Gasteiger partial charge in [0.05, 0.1) is 12.8 Å². The van der Waals surface area contributed by atoms with E-state index in [2.05, 4.69) is 10.3 Å². The van der Waals surface area contributed by atoms with Crippen molar-refractivity contribution >= 4 is 0 Å². The van der Waals surface area contributed by atoms with Crippen LogP contribution in [0.25, 0.3) is 0 Å². The van der Waals surface area contributed by atoms with Gasteiger partial charge in [-0.15, -0.1) is 5.10 Å². The van der Waals surface area contributed by atoms with E-state index in [9.17, 15) is 0 Å². The van der Waals surface area contributed by atoms with Crippen LogP contribution in [0.5, 0.6) is 5.75 Å². The van der Waals surface area contributed by atoms with E-state index >= 15 is 0 Å². The molecule has 1 fully saturated rings. The maximum absolute atomic E-state index is 5.78. The Kier molecular flexibility index (Phi) is 4.47. The van der Waals surface area contributed by atoms with Gasteiger partial charge in [-0.05, 0) is 12.5 Å². The lowest BCUT2D eigenvalue weighted by atomic mass is 10.1. The van der Waals surface area contributed by atoms with Crippen molar-refractivity contribution < 1.29 is 9.47 Å². The molecule has 6 nitrogen and oxygen atoms in total. The van der Waals surface area contributed by atoms with Gasteiger partial charge in [0.2, 0.25) is 0 Å². The molecule has 1 aromatic carbocycles. The van der Waals surface area contributed by atoms with Crippen molar-refractivity contribution in [3.8, 4) is 5.75 Å². The lowest BCUT2D eigenvalue weighted by Crippen LogP contribution is -2.11. The number of para-hydroxylation sites is 1. The molecule has 1 aliphatic rings. The summed E-state index contributed by atoms with van der Waals surface area (Å²) < 4.78 is 13.0. The van der Waals surface area contributed by atoms with Crippen LogP contribution in [0, 0.1) is 5.92 Å². The standard InChI is InChI=1S/C15H20N4O2/c16-7-13-3-1-2-4-15(13)21-11-14-9-19(18-17-14)8-12-5-6-20-10-12/h1-4,9,12H,5-8,10-11,16H2. The molecule has 1 aliphatic heterocycles. The van der Waals surface area contributed by atoms with E-state index in [-0.39, 0.29) is 0 Å². The maximum atomic E-state index is 5.78. The van der Waals surface area contributed by atoms with E-state index in [0.717, 1.165) is 43.2 Å². The van der Waals surface area contributed by atoms with Crippen LogP contribution in [0.1, 0.15) is 17.7 Å². The average Bonchev–Trinajstić information content (AvgIpc) is 3.18. The summed E-state index contributed by atoms with van der Waals surface area (Å²) in [4.78, 5) is 0. The van der Waals surface area contributed by atoms with Crippen molar-refractivity contribution in [1.29, 1.82) is 0 Å². The highest BCUT2D eigenvalue weighted by molar-refractivity contribution is 5.33. The van der Waals surface area contributed by atoms with Crippen molar-refractivity contribution in [3.63, 3.8) is 0 Å². The highest BCUT2D eigenvalue weighted by Gasteiger charge is 2.16. The van der Waals surface area contributed by atoms with Crippen molar-refractivity contribution in [2.24, 2.45) is 11.7 Å². The summed E-state index contributed by atoms with van der Waals surface area (Å²) in [6, 6.07) is 7.77. The fourth-order valence-electron chi connectivity index (χ4n) is 2.45. The molecule has 112 valence electrons. The van der Waals surface area contributed by atoms with Crippen molar-refractivity contribution in [1.82, 2.24) is 15.0 Å². The molecule has 0 aliphatic carbocycles. The predicted molar refractivity (Wildman–Crippen MR) is 77.6 cm³/mol. The molecule has 2 heterocycles. The highest BCUT2D eigenvalue weighted by Crippen LogP contribution is 2.18. The minimum atomic E-state index is 0.401. The second kappa shape index (κ2) is 6.69. The summed E-state index contributed by atoms with van der Waals surface area (Å²) in [6.45, 7) is 3.38. The summed E-state index contributed by atoms with van der Waals surface area (Å²) in [5, 5.41) is 8.29. The van der Waals surface area contributed by atoms with Gasteiger partial charge in [0, 0.05) is 31.2 Å². The number of nitrogens with two attached hydrogens (primary N) is 1. The summed E-state index contributed by atoms with van der Waals surface area (Å²) in [5.41, 5.74) is 7.50. The van der Waals surface area contributed by atoms with Gasteiger partial charge in [-0.1, -0.05) is 23.4 Å². The Hall–Kier alpha value is -1.92. The summed E-state index contributed by atoms with van der Waals surface area (Å²) in [6.07, 6.45) is 3.03. The fourth-order valence-corrected chi connectivity index (χ4v) is 2.45. The van der Waals surface area contributed by atoms with Crippen LogP contribution in [-0.2, 0) is 24.4 Å². The molecule has 2 N–H and O–H groups in total. The molecule has 0 bridgehead atoms. The number of rotatable bonds is 6. The maximum Gasteiger partial charge on any atom is 0.134 e. The second-order valence-corrected chi connectivity index (χ2v) is 5.26. The molecular weight excluding hydrogens is 268 g/mol. The Morgan fingerprint density at radius 1 is 1.38 bits per heavy atom. The first-order chi connectivity index (χ1) is 10.3. The number of hydrogen-bond donors (Lipinski definition) is 1. The highest BCUT2D eigenvalue weighted by atomic mass is 16.5. The van der Waals surface area contributed by atoms with Crippen molar-refractivity contribution in [2.75, 3.05) is 13.2 Å². The van der Waals surface area contributed by atoms with Crippen LogP contribution in [0.15, 0.2) is 30.5 Å².